The van der Waals surface area contributed by atoms with Crippen molar-refractivity contribution >= 4 is 29.4 Å². The molecular formula is C27H38ClNO6. The lowest BCUT2D eigenvalue weighted by Crippen LogP contribution is -2.45. The minimum atomic E-state index is -1.28. The molecule has 2 aliphatic heterocycles. The molecule has 0 unspecified atom stereocenters. The molecule has 3 rings (SSSR count). The number of pyridine rings is 1. The van der Waals surface area contributed by atoms with Crippen LogP contribution in [0, 0.1) is 17.3 Å². The number of fused-ring (bicyclic) bond motifs is 1. The molecule has 1 aromatic heterocycles. The van der Waals surface area contributed by atoms with E-state index in [9.17, 15) is 19.8 Å². The number of aliphatic hydroxyl groups is 2. The Morgan fingerprint density at radius 3 is 2.57 bits per heavy atom. The molecule has 7 nitrogen and oxygen atoms in total. The third-order valence-corrected chi connectivity index (χ3v) is 8.04. The zero-order chi connectivity index (χ0) is 26.0. The van der Waals surface area contributed by atoms with Crippen molar-refractivity contribution in [2.75, 3.05) is 0 Å². The lowest BCUT2D eigenvalue weighted by atomic mass is 9.73. The minimum absolute atomic E-state index is 0.0935. The molecule has 8 heteroatoms. The molecule has 2 fully saturated rings. The third-order valence-electron chi connectivity index (χ3n) is 7.69. The lowest BCUT2D eigenvalue weighted by molar-refractivity contribution is -0.154. The first-order chi connectivity index (χ1) is 16.3. The summed E-state index contributed by atoms with van der Waals surface area (Å²) in [6.07, 6.45) is 2.64. The van der Waals surface area contributed by atoms with Crippen molar-refractivity contribution in [3.8, 4) is 0 Å². The number of carbonyl (C=O) groups is 2. The van der Waals surface area contributed by atoms with Gasteiger partial charge in [0, 0.05) is 18.5 Å². The average Bonchev–Trinajstić information content (AvgIpc) is 3.45. The number of aromatic nitrogens is 1. The topological polar surface area (TPSA) is 109 Å². The average molecular weight is 508 g/mol. The van der Waals surface area contributed by atoms with Crippen LogP contribution in [-0.2, 0) is 19.1 Å². The summed E-state index contributed by atoms with van der Waals surface area (Å²) in [6.45, 7) is 8.83. The van der Waals surface area contributed by atoms with Crippen LogP contribution < -0.4 is 0 Å². The Kier molecular flexibility index (Phi) is 8.79. The Morgan fingerprint density at radius 2 is 1.91 bits per heavy atom. The van der Waals surface area contributed by atoms with Crippen LogP contribution in [-0.4, -0.2) is 57.0 Å². The van der Waals surface area contributed by atoms with Crippen molar-refractivity contribution in [3.63, 3.8) is 0 Å². The number of aliphatic hydroxyl groups excluding tert-OH is 2. The summed E-state index contributed by atoms with van der Waals surface area (Å²) < 4.78 is 11.7. The van der Waals surface area contributed by atoms with Crippen molar-refractivity contribution in [3.05, 3.63) is 35.1 Å². The van der Waals surface area contributed by atoms with Crippen molar-refractivity contribution in [1.29, 1.82) is 0 Å². The number of carbonyl (C=O) groups excluding carboxylic acids is 2. The molecule has 0 spiro atoms. The van der Waals surface area contributed by atoms with Crippen LogP contribution in [0.4, 0.5) is 0 Å². The third kappa shape index (κ3) is 6.70. The van der Waals surface area contributed by atoms with E-state index >= 15 is 0 Å². The summed E-state index contributed by atoms with van der Waals surface area (Å²) >= 11 is 6.60. The van der Waals surface area contributed by atoms with Gasteiger partial charge < -0.3 is 19.7 Å². The minimum Gasteiger partial charge on any atom is -0.456 e. The predicted octanol–water partition coefficient (Wildman–Crippen LogP) is 4.28. The quantitative estimate of drug-likeness (QED) is 0.454. The van der Waals surface area contributed by atoms with Gasteiger partial charge in [0.05, 0.1) is 46.5 Å². The second-order valence-electron chi connectivity index (χ2n) is 10.9. The number of halogens is 1. The summed E-state index contributed by atoms with van der Waals surface area (Å²) in [4.78, 5) is 30.3. The number of nitrogens with zero attached hydrogens (tertiary/aromatic N) is 1. The number of Topliss-reactive ketones (excluding diaryl/α,β-unsaturated/α-hetero) is 1. The van der Waals surface area contributed by atoms with Crippen LogP contribution in [0.3, 0.4) is 0 Å². The first-order valence-corrected chi connectivity index (χ1v) is 12.8. The molecule has 2 saturated heterocycles. The van der Waals surface area contributed by atoms with E-state index < -0.39 is 35.6 Å². The fourth-order valence-corrected chi connectivity index (χ4v) is 5.13. The lowest BCUT2D eigenvalue weighted by Gasteiger charge is -2.34. The van der Waals surface area contributed by atoms with Gasteiger partial charge in [-0.05, 0) is 43.9 Å². The van der Waals surface area contributed by atoms with E-state index in [2.05, 4.69) is 4.98 Å². The predicted molar refractivity (Wildman–Crippen MR) is 133 cm³/mol. The maximum Gasteiger partial charge on any atom is 0.309 e. The number of rotatable bonds is 2. The highest BCUT2D eigenvalue weighted by Gasteiger charge is 2.53. The maximum absolute atomic E-state index is 13.2. The fourth-order valence-electron chi connectivity index (χ4n) is 4.88. The highest BCUT2D eigenvalue weighted by atomic mass is 35.5. The highest BCUT2D eigenvalue weighted by molar-refractivity contribution is 6.32. The molecule has 194 valence electrons. The molecule has 0 aliphatic carbocycles. The van der Waals surface area contributed by atoms with Crippen LogP contribution in [0.5, 0.6) is 0 Å². The molecule has 2 N–H and O–H groups in total. The fraction of sp³-hybridized carbons (Fsp3) is 0.667. The Morgan fingerprint density at radius 1 is 1.20 bits per heavy atom. The Hall–Kier alpha value is -1.80. The molecule has 7 atom stereocenters. The number of ketones is 1. The number of epoxide rings is 1. The first kappa shape index (κ1) is 27.8. The van der Waals surface area contributed by atoms with Gasteiger partial charge in [0.2, 0.25) is 0 Å². The van der Waals surface area contributed by atoms with Gasteiger partial charge in [0.25, 0.3) is 0 Å². The largest absolute Gasteiger partial charge is 0.456 e. The summed E-state index contributed by atoms with van der Waals surface area (Å²) in [5.41, 5.74) is -0.969. The van der Waals surface area contributed by atoms with E-state index in [1.165, 1.54) is 0 Å². The summed E-state index contributed by atoms with van der Waals surface area (Å²) in [7, 11) is 0. The summed E-state index contributed by atoms with van der Waals surface area (Å²) in [6, 6.07) is 5.43. The number of cyclic esters (lactones) is 1. The van der Waals surface area contributed by atoms with Gasteiger partial charge in [-0.3, -0.25) is 14.6 Å². The van der Waals surface area contributed by atoms with Crippen LogP contribution >= 0.6 is 11.6 Å². The van der Waals surface area contributed by atoms with Gasteiger partial charge in [-0.2, -0.15) is 0 Å². The van der Waals surface area contributed by atoms with Gasteiger partial charge in [0.15, 0.2) is 0 Å². The number of ether oxygens (including phenoxy) is 2. The van der Waals surface area contributed by atoms with Gasteiger partial charge in [-0.1, -0.05) is 51.8 Å². The zero-order valence-corrected chi connectivity index (χ0v) is 22.0. The Labute approximate surface area is 212 Å². The second-order valence-corrected chi connectivity index (χ2v) is 11.3. The number of esters is 1. The normalized spacial score (nSPS) is 37.3. The molecule has 1 aromatic rings. The molecule has 0 bridgehead atoms. The second kappa shape index (κ2) is 11.1. The standard InChI is InChI=1S/C27H38ClNO6/c1-16-9-8-11-27(5)22(35-27)14-20(19(28)13-18-10-6-7-12-29-18)34-23(31)15-21(30)26(3,4)25(33)17(2)24(16)32/h6-7,10,12-13,16-17,20-22,24,30,32H,8-9,11,14-15H2,1-5H3/b19-13+/t16-,17+,20-,21-,22-,24-,27+/m0/s1. The van der Waals surface area contributed by atoms with Crippen LogP contribution in [0.25, 0.3) is 6.08 Å². The van der Waals surface area contributed by atoms with Gasteiger partial charge in [-0.25, -0.2) is 0 Å². The smallest absolute Gasteiger partial charge is 0.309 e. The number of hydrogen-bond acceptors (Lipinski definition) is 7. The zero-order valence-electron chi connectivity index (χ0n) is 21.2. The van der Waals surface area contributed by atoms with E-state index in [-0.39, 0.29) is 29.8 Å². The molecular weight excluding hydrogens is 470 g/mol. The maximum atomic E-state index is 13.2. The molecule has 0 radical (unpaired) electrons. The molecule has 35 heavy (non-hydrogen) atoms. The molecule has 0 saturated carbocycles. The number of hydrogen-bond donors (Lipinski definition) is 2. The van der Waals surface area contributed by atoms with Crippen molar-refractivity contribution in [2.24, 2.45) is 17.3 Å². The summed E-state index contributed by atoms with van der Waals surface area (Å²) in [5.74, 6) is -1.72. The van der Waals surface area contributed by atoms with Gasteiger partial charge in [0.1, 0.15) is 11.9 Å². The van der Waals surface area contributed by atoms with E-state index in [1.54, 1.807) is 45.2 Å². The molecule has 2 aliphatic rings. The van der Waals surface area contributed by atoms with Crippen molar-refractivity contribution in [2.45, 2.75) is 96.7 Å². The van der Waals surface area contributed by atoms with Gasteiger partial charge >= 0.3 is 5.97 Å². The summed E-state index contributed by atoms with van der Waals surface area (Å²) in [5, 5.41) is 21.9. The monoisotopic (exact) mass is 507 g/mol. The Balaban J connectivity index is 1.86. The van der Waals surface area contributed by atoms with Crippen LogP contribution in [0.1, 0.15) is 72.4 Å². The SMILES string of the molecule is C[C@H]1CCC[C@@]2(C)O[C@H]2C[C@@H](/C(Cl)=C\c2ccccn2)OC(=O)C[C@H](O)C(C)(C)C(=O)[C@H](C)[C@H]1O. The van der Waals surface area contributed by atoms with Crippen molar-refractivity contribution in [1.82, 2.24) is 4.98 Å². The highest BCUT2D eigenvalue weighted by Crippen LogP contribution is 2.45. The molecule has 3 heterocycles. The first-order valence-electron chi connectivity index (χ1n) is 12.4. The van der Waals surface area contributed by atoms with E-state index in [0.717, 1.165) is 19.3 Å². The van der Waals surface area contributed by atoms with Crippen molar-refractivity contribution < 1.29 is 29.3 Å². The van der Waals surface area contributed by atoms with Crippen LogP contribution in [0.15, 0.2) is 29.4 Å². The van der Waals surface area contributed by atoms with Crippen LogP contribution in [0.2, 0.25) is 0 Å². The van der Waals surface area contributed by atoms with Gasteiger partial charge in [-0.15, -0.1) is 0 Å². The molecule has 0 amide bonds. The van der Waals surface area contributed by atoms with E-state index in [0.29, 0.717) is 17.1 Å². The van der Waals surface area contributed by atoms with E-state index in [4.69, 9.17) is 21.1 Å². The Bertz CT molecular complexity index is 935. The molecule has 0 aromatic carbocycles. The van der Waals surface area contributed by atoms with E-state index in [1.807, 2.05) is 19.9 Å².